The van der Waals surface area contributed by atoms with E-state index in [1.165, 1.54) is 35.1 Å². The molecule has 1 fully saturated rings. The number of Topliss-reactive ketones (excluding diaryl/α,β-unsaturated/α-hetero) is 1. The van der Waals surface area contributed by atoms with Gasteiger partial charge in [-0.25, -0.2) is 0 Å². The van der Waals surface area contributed by atoms with Gasteiger partial charge in [0.25, 0.3) is 5.78 Å². The first-order chi connectivity index (χ1) is 19.4. The molecule has 8 nitrogen and oxygen atoms in total. The number of halogens is 1. The molecule has 1 aliphatic heterocycles. The number of amides is 1. The summed E-state index contributed by atoms with van der Waals surface area (Å²) >= 11 is 8.63. The molecule has 1 N–H and O–H groups in total. The van der Waals surface area contributed by atoms with Gasteiger partial charge in [-0.3, -0.25) is 14.5 Å². The van der Waals surface area contributed by atoms with Gasteiger partial charge in [-0.05, 0) is 42.3 Å². The number of aromatic nitrogens is 2. The monoisotopic (exact) mass is 593 g/mol. The maximum Gasteiger partial charge on any atom is 0.301 e. The average molecular weight is 594 g/mol. The van der Waals surface area contributed by atoms with Crippen LogP contribution >= 0.6 is 34.7 Å². The van der Waals surface area contributed by atoms with Crippen molar-refractivity contribution in [2.24, 2.45) is 0 Å². The SMILES string of the molecule is CCOc1ccc(C2/C(=C(/O)c3ccccc3)C(=O)C(=O)N2c2nnc(SCc3ccc(Cl)cc3)s2)cc1OC. The fourth-order valence-electron chi connectivity index (χ4n) is 4.31. The Hall–Kier alpha value is -3.86. The minimum atomic E-state index is -0.966. The van der Waals surface area contributed by atoms with Gasteiger partial charge in [0.1, 0.15) is 5.76 Å². The fourth-order valence-corrected chi connectivity index (χ4v) is 6.26. The van der Waals surface area contributed by atoms with Crippen molar-refractivity contribution in [1.29, 1.82) is 0 Å². The summed E-state index contributed by atoms with van der Waals surface area (Å²) in [6.07, 6.45) is 0. The van der Waals surface area contributed by atoms with Crippen molar-refractivity contribution in [1.82, 2.24) is 10.2 Å². The minimum Gasteiger partial charge on any atom is -0.507 e. The van der Waals surface area contributed by atoms with E-state index in [1.54, 1.807) is 48.5 Å². The predicted molar refractivity (Wildman–Crippen MR) is 156 cm³/mol. The van der Waals surface area contributed by atoms with Crippen LogP contribution < -0.4 is 14.4 Å². The number of aliphatic hydroxyl groups is 1. The van der Waals surface area contributed by atoms with Crippen molar-refractivity contribution >= 4 is 57.3 Å². The topological polar surface area (TPSA) is 102 Å². The Morgan fingerprint density at radius 1 is 1.05 bits per heavy atom. The third-order valence-corrected chi connectivity index (χ3v) is 8.55. The van der Waals surface area contributed by atoms with Gasteiger partial charge in [-0.15, -0.1) is 10.2 Å². The van der Waals surface area contributed by atoms with Gasteiger partial charge in [0.15, 0.2) is 15.8 Å². The van der Waals surface area contributed by atoms with Gasteiger partial charge in [0, 0.05) is 16.3 Å². The fraction of sp³-hybridized carbons (Fsp3) is 0.172. The van der Waals surface area contributed by atoms with Crippen LogP contribution in [0.3, 0.4) is 0 Å². The molecule has 0 aliphatic carbocycles. The lowest BCUT2D eigenvalue weighted by molar-refractivity contribution is -0.132. The van der Waals surface area contributed by atoms with Gasteiger partial charge in [-0.2, -0.15) is 0 Å². The zero-order chi connectivity index (χ0) is 28.2. The molecular weight excluding hydrogens is 570 g/mol. The first-order valence-electron chi connectivity index (χ1n) is 12.3. The Bertz CT molecular complexity index is 1570. The molecule has 3 aromatic carbocycles. The molecule has 1 atom stereocenters. The smallest absolute Gasteiger partial charge is 0.301 e. The van der Waals surface area contributed by atoms with Crippen LogP contribution in [0.1, 0.15) is 29.7 Å². The lowest BCUT2D eigenvalue weighted by Crippen LogP contribution is -2.29. The first-order valence-corrected chi connectivity index (χ1v) is 14.5. The number of anilines is 1. The van der Waals surface area contributed by atoms with Gasteiger partial charge < -0.3 is 14.6 Å². The number of carbonyl (C=O) groups is 2. The lowest BCUT2D eigenvalue weighted by Gasteiger charge is -2.23. The van der Waals surface area contributed by atoms with E-state index in [0.29, 0.717) is 44.3 Å². The molecule has 0 saturated carbocycles. The van der Waals surface area contributed by atoms with Crippen molar-refractivity contribution < 1.29 is 24.2 Å². The van der Waals surface area contributed by atoms with Crippen LogP contribution in [0.15, 0.2) is 82.7 Å². The van der Waals surface area contributed by atoms with Crippen molar-refractivity contribution in [2.75, 3.05) is 18.6 Å². The van der Waals surface area contributed by atoms with E-state index in [1.807, 2.05) is 31.2 Å². The zero-order valence-electron chi connectivity index (χ0n) is 21.5. The van der Waals surface area contributed by atoms with E-state index in [-0.39, 0.29) is 16.5 Å². The van der Waals surface area contributed by atoms with Gasteiger partial charge in [0.2, 0.25) is 5.13 Å². The number of methoxy groups -OCH3 is 1. The predicted octanol–water partition coefficient (Wildman–Crippen LogP) is 6.52. The molecule has 5 rings (SSSR count). The average Bonchev–Trinajstić information content (AvgIpc) is 3.55. The van der Waals surface area contributed by atoms with E-state index in [2.05, 4.69) is 10.2 Å². The molecule has 1 saturated heterocycles. The van der Waals surface area contributed by atoms with Gasteiger partial charge in [-0.1, -0.05) is 83.2 Å². The standard InChI is InChI=1S/C29H24ClN3O5S2/c1-3-38-21-14-11-19(15-22(21)37-2)24-23(25(34)18-7-5-4-6-8-18)26(35)27(36)33(24)28-31-32-29(40-28)39-16-17-9-12-20(30)13-10-17/h4-15,24,34H,3,16H2,1-2H3/b25-23-. The number of hydrogen-bond donors (Lipinski definition) is 1. The number of rotatable bonds is 9. The second-order valence-electron chi connectivity index (χ2n) is 8.64. The molecule has 1 amide bonds. The quantitative estimate of drug-likeness (QED) is 0.0769. The zero-order valence-corrected chi connectivity index (χ0v) is 23.9. The Morgan fingerprint density at radius 3 is 2.50 bits per heavy atom. The molecule has 1 aliphatic rings. The molecule has 204 valence electrons. The summed E-state index contributed by atoms with van der Waals surface area (Å²) in [5, 5.41) is 20.7. The summed E-state index contributed by atoms with van der Waals surface area (Å²) in [7, 11) is 1.51. The highest BCUT2D eigenvalue weighted by Gasteiger charge is 2.48. The summed E-state index contributed by atoms with van der Waals surface area (Å²) in [4.78, 5) is 28.2. The molecule has 40 heavy (non-hydrogen) atoms. The third-order valence-electron chi connectivity index (χ3n) is 6.17. The van der Waals surface area contributed by atoms with E-state index in [4.69, 9.17) is 21.1 Å². The van der Waals surface area contributed by atoms with E-state index >= 15 is 0 Å². The summed E-state index contributed by atoms with van der Waals surface area (Å²) in [5.41, 5.74) is 1.96. The van der Waals surface area contributed by atoms with Crippen molar-refractivity contribution in [3.63, 3.8) is 0 Å². The molecule has 2 heterocycles. The molecule has 4 aromatic rings. The molecule has 0 spiro atoms. The number of aliphatic hydroxyl groups excluding tert-OH is 1. The number of ether oxygens (including phenoxy) is 2. The second kappa shape index (κ2) is 12.1. The van der Waals surface area contributed by atoms with Crippen LogP contribution in [0, 0.1) is 0 Å². The summed E-state index contributed by atoms with van der Waals surface area (Å²) in [5.74, 6) is -0.323. The van der Waals surface area contributed by atoms with Crippen molar-refractivity contribution in [2.45, 2.75) is 23.1 Å². The largest absolute Gasteiger partial charge is 0.507 e. The highest BCUT2D eigenvalue weighted by molar-refractivity contribution is 8.00. The van der Waals surface area contributed by atoms with Crippen LogP contribution in [0.5, 0.6) is 11.5 Å². The molecule has 1 unspecified atom stereocenters. The van der Waals surface area contributed by atoms with Crippen LogP contribution in [0.25, 0.3) is 5.76 Å². The normalized spacial score (nSPS) is 16.4. The molecule has 0 radical (unpaired) electrons. The number of thioether (sulfide) groups is 1. The molecular formula is C29H24ClN3O5S2. The summed E-state index contributed by atoms with van der Waals surface area (Å²) in [6, 6.07) is 20.3. The Morgan fingerprint density at radius 2 is 1.80 bits per heavy atom. The van der Waals surface area contributed by atoms with E-state index in [9.17, 15) is 14.7 Å². The van der Waals surface area contributed by atoms with Crippen LogP contribution in [0.2, 0.25) is 5.02 Å². The number of ketones is 1. The molecule has 11 heteroatoms. The van der Waals surface area contributed by atoms with Crippen LogP contribution in [-0.4, -0.2) is 40.7 Å². The number of hydrogen-bond acceptors (Lipinski definition) is 9. The first kappa shape index (κ1) is 27.7. The molecule has 0 bridgehead atoms. The highest BCUT2D eigenvalue weighted by atomic mass is 35.5. The van der Waals surface area contributed by atoms with Crippen LogP contribution in [0.4, 0.5) is 5.13 Å². The Labute approximate surface area is 244 Å². The third kappa shape index (κ3) is 5.56. The van der Waals surface area contributed by atoms with Gasteiger partial charge in [0.05, 0.1) is 25.3 Å². The number of nitrogens with zero attached hydrogens (tertiary/aromatic N) is 3. The van der Waals surface area contributed by atoms with Gasteiger partial charge >= 0.3 is 5.91 Å². The van der Waals surface area contributed by atoms with Crippen LogP contribution in [-0.2, 0) is 15.3 Å². The Kier molecular flexibility index (Phi) is 8.39. The van der Waals surface area contributed by atoms with E-state index in [0.717, 1.165) is 5.56 Å². The highest BCUT2D eigenvalue weighted by Crippen LogP contribution is 2.45. The second-order valence-corrected chi connectivity index (χ2v) is 11.3. The van der Waals surface area contributed by atoms with Crippen molar-refractivity contribution in [3.8, 4) is 11.5 Å². The van der Waals surface area contributed by atoms with E-state index < -0.39 is 17.7 Å². The Balaban J connectivity index is 1.56. The maximum absolute atomic E-state index is 13.5. The minimum absolute atomic E-state index is 0.0482. The molecule has 1 aromatic heterocycles. The number of carbonyl (C=O) groups excluding carboxylic acids is 2. The summed E-state index contributed by atoms with van der Waals surface area (Å²) in [6.45, 7) is 2.30. The lowest BCUT2D eigenvalue weighted by atomic mass is 9.95. The number of benzene rings is 3. The summed E-state index contributed by atoms with van der Waals surface area (Å²) < 4.78 is 11.8. The maximum atomic E-state index is 13.5. The van der Waals surface area contributed by atoms with Crippen molar-refractivity contribution in [3.05, 3.63) is 100 Å².